The molecule has 74 valence electrons. The lowest BCUT2D eigenvalue weighted by Crippen LogP contribution is -2.04. The summed E-state index contributed by atoms with van der Waals surface area (Å²) < 4.78 is 1.81. The van der Waals surface area contributed by atoms with Crippen molar-refractivity contribution < 1.29 is 0 Å². The van der Waals surface area contributed by atoms with Crippen LogP contribution in [0.3, 0.4) is 0 Å². The number of hydrogen-bond donors (Lipinski definition) is 1. The molecule has 0 aliphatic heterocycles. The zero-order chi connectivity index (χ0) is 10.1. The zero-order valence-electron chi connectivity index (χ0n) is 8.00. The second-order valence-electron chi connectivity index (χ2n) is 3.27. The Kier molecular flexibility index (Phi) is 2.44. The van der Waals surface area contributed by atoms with E-state index >= 15 is 0 Å². The third-order valence-corrected chi connectivity index (χ3v) is 2.60. The van der Waals surface area contributed by atoms with Crippen molar-refractivity contribution in [1.82, 2.24) is 9.78 Å². The summed E-state index contributed by atoms with van der Waals surface area (Å²) in [6.45, 7) is 0.641. The number of hydrogen-bond acceptors (Lipinski definition) is 2. The summed E-state index contributed by atoms with van der Waals surface area (Å²) in [6.07, 6.45) is 0.854. The molecule has 2 aromatic rings. The van der Waals surface area contributed by atoms with E-state index in [1.165, 1.54) is 5.56 Å². The highest BCUT2D eigenvalue weighted by Crippen LogP contribution is 2.25. The largest absolute Gasteiger partial charge is 0.330 e. The zero-order valence-corrected chi connectivity index (χ0v) is 8.75. The number of nitrogens with two attached hydrogens (primary N) is 1. The molecule has 1 heterocycles. The number of halogens is 1. The fourth-order valence-corrected chi connectivity index (χ4v) is 2.00. The molecular formula is C10H12ClN3. The maximum Gasteiger partial charge on any atom is 0.158 e. The van der Waals surface area contributed by atoms with Gasteiger partial charge in [-0.05, 0) is 24.6 Å². The van der Waals surface area contributed by atoms with Crippen LogP contribution in [0.4, 0.5) is 0 Å². The minimum atomic E-state index is 0.557. The molecule has 0 fully saturated rings. The lowest BCUT2D eigenvalue weighted by molar-refractivity contribution is 0.790. The molecule has 0 radical (unpaired) electrons. The fourth-order valence-electron chi connectivity index (χ4n) is 1.73. The van der Waals surface area contributed by atoms with Gasteiger partial charge in [-0.3, -0.25) is 4.68 Å². The number of nitrogens with zero attached hydrogens (tertiary/aromatic N) is 2. The van der Waals surface area contributed by atoms with E-state index in [0.717, 1.165) is 17.3 Å². The van der Waals surface area contributed by atoms with Crippen molar-refractivity contribution in [1.29, 1.82) is 0 Å². The molecule has 1 aromatic heterocycles. The Morgan fingerprint density at radius 2 is 2.29 bits per heavy atom. The Bertz CT molecular complexity index is 462. The number of aromatic nitrogens is 2. The van der Waals surface area contributed by atoms with Crippen LogP contribution in [-0.4, -0.2) is 16.3 Å². The standard InChI is InChI=1S/C10H12ClN3/c1-14-9-7(5-6-12)3-2-4-8(9)10(11)13-14/h2-4H,5-6,12H2,1H3. The van der Waals surface area contributed by atoms with Gasteiger partial charge >= 0.3 is 0 Å². The van der Waals surface area contributed by atoms with Gasteiger partial charge in [0.05, 0.1) is 5.52 Å². The van der Waals surface area contributed by atoms with Crippen LogP contribution in [0.5, 0.6) is 0 Å². The number of rotatable bonds is 2. The third-order valence-electron chi connectivity index (χ3n) is 2.32. The molecule has 1 aromatic carbocycles. The van der Waals surface area contributed by atoms with E-state index in [4.69, 9.17) is 17.3 Å². The molecule has 2 N–H and O–H groups in total. The Morgan fingerprint density at radius 3 is 3.00 bits per heavy atom. The molecule has 0 bridgehead atoms. The molecule has 0 aliphatic rings. The first-order valence-corrected chi connectivity index (χ1v) is 4.92. The first-order valence-electron chi connectivity index (χ1n) is 4.54. The van der Waals surface area contributed by atoms with Gasteiger partial charge in [0, 0.05) is 12.4 Å². The molecule has 0 unspecified atom stereocenters. The highest BCUT2D eigenvalue weighted by molar-refractivity contribution is 6.34. The van der Waals surface area contributed by atoms with E-state index in [9.17, 15) is 0 Å². The van der Waals surface area contributed by atoms with E-state index in [0.29, 0.717) is 11.7 Å². The number of benzene rings is 1. The van der Waals surface area contributed by atoms with Gasteiger partial charge in [0.15, 0.2) is 5.15 Å². The molecule has 4 heteroatoms. The Labute approximate surface area is 87.5 Å². The summed E-state index contributed by atoms with van der Waals surface area (Å²) in [7, 11) is 1.90. The van der Waals surface area contributed by atoms with E-state index < -0.39 is 0 Å². The summed E-state index contributed by atoms with van der Waals surface area (Å²) in [5.74, 6) is 0. The number of para-hydroxylation sites is 1. The predicted octanol–water partition coefficient (Wildman–Crippen LogP) is 1.73. The Hall–Kier alpha value is -1.06. The number of aryl methyl sites for hydroxylation is 1. The second-order valence-corrected chi connectivity index (χ2v) is 3.62. The van der Waals surface area contributed by atoms with Crippen LogP contribution in [0.25, 0.3) is 10.9 Å². The molecule has 14 heavy (non-hydrogen) atoms. The van der Waals surface area contributed by atoms with Crippen LogP contribution in [0.2, 0.25) is 5.15 Å². The summed E-state index contributed by atoms with van der Waals surface area (Å²) >= 11 is 5.99. The van der Waals surface area contributed by atoms with Crippen LogP contribution in [-0.2, 0) is 13.5 Å². The molecule has 0 atom stereocenters. The Balaban J connectivity index is 2.72. The van der Waals surface area contributed by atoms with Crippen LogP contribution in [0, 0.1) is 0 Å². The van der Waals surface area contributed by atoms with Gasteiger partial charge in [-0.25, -0.2) is 0 Å². The van der Waals surface area contributed by atoms with Crippen molar-refractivity contribution in [3.63, 3.8) is 0 Å². The van der Waals surface area contributed by atoms with Crippen molar-refractivity contribution >= 4 is 22.5 Å². The van der Waals surface area contributed by atoms with E-state index in [1.807, 2.05) is 23.9 Å². The van der Waals surface area contributed by atoms with Gasteiger partial charge in [0.2, 0.25) is 0 Å². The average Bonchev–Trinajstić information content (AvgIpc) is 2.44. The van der Waals surface area contributed by atoms with E-state index in [-0.39, 0.29) is 0 Å². The fraction of sp³-hybridized carbons (Fsp3) is 0.300. The molecule has 3 nitrogen and oxygen atoms in total. The van der Waals surface area contributed by atoms with Gasteiger partial charge in [0.1, 0.15) is 0 Å². The topological polar surface area (TPSA) is 43.8 Å². The second kappa shape index (κ2) is 3.59. The maximum atomic E-state index is 5.99. The molecule has 0 saturated carbocycles. The molecule has 0 amide bonds. The van der Waals surface area contributed by atoms with Crippen molar-refractivity contribution in [2.24, 2.45) is 12.8 Å². The normalized spacial score (nSPS) is 11.1. The lowest BCUT2D eigenvalue weighted by atomic mass is 10.1. The number of fused-ring (bicyclic) bond motifs is 1. The quantitative estimate of drug-likeness (QED) is 0.819. The van der Waals surface area contributed by atoms with Gasteiger partial charge in [-0.2, -0.15) is 5.10 Å². The molecule has 2 rings (SSSR count). The third kappa shape index (κ3) is 1.38. The van der Waals surface area contributed by atoms with E-state index in [2.05, 4.69) is 11.2 Å². The Morgan fingerprint density at radius 1 is 1.50 bits per heavy atom. The van der Waals surface area contributed by atoms with Gasteiger partial charge in [0.25, 0.3) is 0 Å². The lowest BCUT2D eigenvalue weighted by Gasteiger charge is -2.02. The highest BCUT2D eigenvalue weighted by Gasteiger charge is 2.09. The SMILES string of the molecule is Cn1nc(Cl)c2cccc(CCN)c21. The average molecular weight is 210 g/mol. The minimum Gasteiger partial charge on any atom is -0.330 e. The maximum absolute atomic E-state index is 5.99. The van der Waals surface area contributed by atoms with Gasteiger partial charge < -0.3 is 5.73 Å². The van der Waals surface area contributed by atoms with Crippen LogP contribution in [0.15, 0.2) is 18.2 Å². The first-order chi connectivity index (χ1) is 6.74. The predicted molar refractivity (Wildman–Crippen MR) is 58.5 cm³/mol. The van der Waals surface area contributed by atoms with Crippen molar-refractivity contribution in [2.75, 3.05) is 6.54 Å². The van der Waals surface area contributed by atoms with Crippen molar-refractivity contribution in [3.8, 4) is 0 Å². The molecule has 0 spiro atoms. The van der Waals surface area contributed by atoms with Crippen LogP contribution in [0.1, 0.15) is 5.56 Å². The first kappa shape index (κ1) is 9.49. The summed E-state index contributed by atoms with van der Waals surface area (Å²) in [4.78, 5) is 0. The van der Waals surface area contributed by atoms with Crippen molar-refractivity contribution in [3.05, 3.63) is 28.9 Å². The molecular weight excluding hydrogens is 198 g/mol. The molecule has 0 aliphatic carbocycles. The van der Waals surface area contributed by atoms with Crippen molar-refractivity contribution in [2.45, 2.75) is 6.42 Å². The van der Waals surface area contributed by atoms with Crippen LogP contribution < -0.4 is 5.73 Å². The monoisotopic (exact) mass is 209 g/mol. The van der Waals surface area contributed by atoms with Gasteiger partial charge in [-0.1, -0.05) is 23.7 Å². The van der Waals surface area contributed by atoms with Gasteiger partial charge in [-0.15, -0.1) is 0 Å². The summed E-state index contributed by atoms with van der Waals surface area (Å²) in [6, 6.07) is 6.03. The van der Waals surface area contributed by atoms with Crippen LogP contribution >= 0.6 is 11.6 Å². The molecule has 0 saturated heterocycles. The summed E-state index contributed by atoms with van der Waals surface area (Å²) in [5.41, 5.74) is 7.83. The van der Waals surface area contributed by atoms with E-state index in [1.54, 1.807) is 0 Å². The highest BCUT2D eigenvalue weighted by atomic mass is 35.5. The smallest absolute Gasteiger partial charge is 0.158 e. The minimum absolute atomic E-state index is 0.557. The summed E-state index contributed by atoms with van der Waals surface area (Å²) in [5, 5.41) is 5.73.